The van der Waals surface area contributed by atoms with Crippen LogP contribution < -0.4 is 10.6 Å². The van der Waals surface area contributed by atoms with E-state index in [2.05, 4.69) is 15.4 Å². The van der Waals surface area contributed by atoms with Crippen molar-refractivity contribution in [2.75, 3.05) is 33.7 Å². The largest absolute Gasteiger partial charge is 0.469 e. The molecule has 31 heavy (non-hydrogen) atoms. The number of ether oxygens (including phenoxy) is 3. The van der Waals surface area contributed by atoms with Crippen molar-refractivity contribution in [3.8, 4) is 0 Å². The molecule has 1 rings (SSSR count). The van der Waals surface area contributed by atoms with E-state index in [-0.39, 0.29) is 19.3 Å². The van der Waals surface area contributed by atoms with Crippen molar-refractivity contribution in [3.05, 3.63) is 42.0 Å². The van der Waals surface area contributed by atoms with Crippen LogP contribution in [0.3, 0.4) is 0 Å². The molecule has 1 aromatic rings. The quantitative estimate of drug-likeness (QED) is 0.291. The Morgan fingerprint density at radius 2 is 1.58 bits per heavy atom. The number of amides is 1. The van der Waals surface area contributed by atoms with E-state index in [0.29, 0.717) is 12.0 Å². The van der Waals surface area contributed by atoms with Gasteiger partial charge < -0.3 is 24.8 Å². The van der Waals surface area contributed by atoms with E-state index in [4.69, 9.17) is 9.47 Å². The molecule has 0 aliphatic rings. The van der Waals surface area contributed by atoms with E-state index >= 15 is 0 Å². The lowest BCUT2D eigenvalue weighted by Crippen LogP contribution is -2.41. The summed E-state index contributed by atoms with van der Waals surface area (Å²) >= 11 is 0. The van der Waals surface area contributed by atoms with Gasteiger partial charge in [0.1, 0.15) is 6.04 Å². The van der Waals surface area contributed by atoms with E-state index in [1.807, 2.05) is 0 Å². The lowest BCUT2D eigenvalue weighted by atomic mass is 10.0. The highest BCUT2D eigenvalue weighted by atomic mass is 16.5. The second-order valence-electron chi connectivity index (χ2n) is 6.63. The molecule has 170 valence electrons. The molecule has 1 amide bonds. The molecule has 0 aliphatic carbocycles. The summed E-state index contributed by atoms with van der Waals surface area (Å²) in [6.07, 6.45) is 4.33. The van der Waals surface area contributed by atoms with Crippen LogP contribution in [0.4, 0.5) is 5.69 Å². The van der Waals surface area contributed by atoms with Gasteiger partial charge in [0.15, 0.2) is 0 Å². The van der Waals surface area contributed by atoms with Crippen LogP contribution in [-0.4, -0.2) is 58.2 Å². The number of benzene rings is 1. The van der Waals surface area contributed by atoms with Crippen molar-refractivity contribution in [2.45, 2.75) is 31.7 Å². The molecular formula is C22H30N2O7. The van der Waals surface area contributed by atoms with E-state index in [9.17, 15) is 19.2 Å². The molecule has 0 aromatic heterocycles. The number of esters is 3. The van der Waals surface area contributed by atoms with Crippen LogP contribution >= 0.6 is 0 Å². The van der Waals surface area contributed by atoms with Crippen molar-refractivity contribution in [1.29, 1.82) is 0 Å². The van der Waals surface area contributed by atoms with Gasteiger partial charge in [-0.1, -0.05) is 12.2 Å². The fourth-order valence-corrected chi connectivity index (χ4v) is 2.76. The van der Waals surface area contributed by atoms with Crippen LogP contribution in [0.5, 0.6) is 0 Å². The Hall–Kier alpha value is -3.36. The first kappa shape index (κ1) is 25.7. The molecule has 0 radical (unpaired) electrons. The maximum absolute atomic E-state index is 12.5. The minimum Gasteiger partial charge on any atom is -0.469 e. The first-order chi connectivity index (χ1) is 14.9. The minimum absolute atomic E-state index is 0.0772. The monoisotopic (exact) mass is 434 g/mol. The summed E-state index contributed by atoms with van der Waals surface area (Å²) in [4.78, 5) is 47.7. The Morgan fingerprint density at radius 1 is 0.935 bits per heavy atom. The van der Waals surface area contributed by atoms with E-state index in [1.165, 1.54) is 21.3 Å². The fourth-order valence-electron chi connectivity index (χ4n) is 2.76. The Kier molecular flexibility index (Phi) is 11.4. The van der Waals surface area contributed by atoms with Crippen molar-refractivity contribution in [3.63, 3.8) is 0 Å². The molecule has 0 heterocycles. The van der Waals surface area contributed by atoms with Gasteiger partial charge in [0.05, 0.1) is 27.2 Å². The Labute approximate surface area is 182 Å². The van der Waals surface area contributed by atoms with Gasteiger partial charge in [-0.3, -0.25) is 14.4 Å². The number of carbonyl (C=O) groups excluding carboxylic acids is 4. The van der Waals surface area contributed by atoms with Crippen LogP contribution in [0.2, 0.25) is 0 Å². The SMILES string of the molecule is CNc1ccc(C(=O)N[C@@H](CC/C=C/[C@@H](CCC(=O)OC)C(=O)OC)C(=O)OC)cc1. The highest BCUT2D eigenvalue weighted by Crippen LogP contribution is 2.13. The van der Waals surface area contributed by atoms with Crippen molar-refractivity contribution in [1.82, 2.24) is 5.32 Å². The van der Waals surface area contributed by atoms with Gasteiger partial charge in [-0.05, 0) is 43.5 Å². The van der Waals surface area contributed by atoms with Crippen LogP contribution in [0, 0.1) is 5.92 Å². The summed E-state index contributed by atoms with van der Waals surface area (Å²) in [6, 6.07) is 5.96. The van der Waals surface area contributed by atoms with Crippen LogP contribution in [0.25, 0.3) is 0 Å². The van der Waals surface area contributed by atoms with E-state index in [0.717, 1.165) is 5.69 Å². The molecule has 0 aliphatic heterocycles. The molecular weight excluding hydrogens is 404 g/mol. The number of rotatable bonds is 12. The van der Waals surface area contributed by atoms with Crippen molar-refractivity contribution in [2.24, 2.45) is 5.92 Å². The molecule has 0 spiro atoms. The molecule has 9 heteroatoms. The van der Waals surface area contributed by atoms with Gasteiger partial charge in [-0.25, -0.2) is 4.79 Å². The Bertz CT molecular complexity index is 775. The van der Waals surface area contributed by atoms with Crippen LogP contribution in [0.1, 0.15) is 36.0 Å². The number of methoxy groups -OCH3 is 3. The fraction of sp³-hybridized carbons (Fsp3) is 0.455. The van der Waals surface area contributed by atoms with E-state index < -0.39 is 35.8 Å². The molecule has 9 nitrogen and oxygen atoms in total. The van der Waals surface area contributed by atoms with Crippen LogP contribution in [-0.2, 0) is 28.6 Å². The normalized spacial score (nSPS) is 12.5. The van der Waals surface area contributed by atoms with Gasteiger partial charge in [-0.15, -0.1) is 0 Å². The van der Waals surface area contributed by atoms with Crippen LogP contribution in [0.15, 0.2) is 36.4 Å². The second kappa shape index (κ2) is 13.8. The molecule has 0 saturated heterocycles. The zero-order chi connectivity index (χ0) is 23.2. The van der Waals surface area contributed by atoms with Gasteiger partial charge in [0.25, 0.3) is 5.91 Å². The van der Waals surface area contributed by atoms with E-state index in [1.54, 1.807) is 43.5 Å². The highest BCUT2D eigenvalue weighted by Gasteiger charge is 2.22. The Morgan fingerprint density at radius 3 is 2.13 bits per heavy atom. The first-order valence-corrected chi connectivity index (χ1v) is 9.84. The average molecular weight is 434 g/mol. The summed E-state index contributed by atoms with van der Waals surface area (Å²) in [7, 11) is 5.57. The number of allylic oxidation sites excluding steroid dienone is 1. The molecule has 2 N–H and O–H groups in total. The van der Waals surface area contributed by atoms with Crippen molar-refractivity contribution >= 4 is 29.5 Å². The highest BCUT2D eigenvalue weighted by molar-refractivity contribution is 5.97. The maximum atomic E-state index is 12.5. The maximum Gasteiger partial charge on any atom is 0.328 e. The van der Waals surface area contributed by atoms with Crippen molar-refractivity contribution < 1.29 is 33.4 Å². The number of hydrogen-bond acceptors (Lipinski definition) is 8. The zero-order valence-electron chi connectivity index (χ0n) is 18.3. The zero-order valence-corrected chi connectivity index (χ0v) is 18.3. The Balaban J connectivity index is 2.71. The molecule has 0 fully saturated rings. The number of carbonyl (C=O) groups is 4. The lowest BCUT2D eigenvalue weighted by Gasteiger charge is -2.16. The predicted molar refractivity (Wildman–Crippen MR) is 114 cm³/mol. The third-order valence-electron chi connectivity index (χ3n) is 4.61. The number of hydrogen-bond donors (Lipinski definition) is 2. The predicted octanol–water partition coefficient (Wildman–Crippen LogP) is 2.08. The summed E-state index contributed by atoms with van der Waals surface area (Å²) < 4.78 is 14.1. The topological polar surface area (TPSA) is 120 Å². The third kappa shape index (κ3) is 8.90. The second-order valence-corrected chi connectivity index (χ2v) is 6.63. The van der Waals surface area contributed by atoms with Gasteiger partial charge in [0.2, 0.25) is 0 Å². The summed E-state index contributed by atoms with van der Waals surface area (Å²) in [5, 5.41) is 5.63. The molecule has 1 aromatic carbocycles. The number of nitrogens with one attached hydrogen (secondary N) is 2. The average Bonchev–Trinajstić information content (AvgIpc) is 2.81. The summed E-state index contributed by atoms with van der Waals surface area (Å²) in [6.45, 7) is 0. The first-order valence-electron chi connectivity index (χ1n) is 9.84. The van der Waals surface area contributed by atoms with Gasteiger partial charge in [0, 0.05) is 24.7 Å². The smallest absolute Gasteiger partial charge is 0.328 e. The molecule has 0 unspecified atom stereocenters. The summed E-state index contributed by atoms with van der Waals surface area (Å²) in [5.41, 5.74) is 1.27. The third-order valence-corrected chi connectivity index (χ3v) is 4.61. The summed E-state index contributed by atoms with van der Waals surface area (Å²) in [5.74, 6) is -2.46. The molecule has 0 saturated carbocycles. The number of anilines is 1. The molecule has 2 atom stereocenters. The minimum atomic E-state index is -0.849. The van der Waals surface area contributed by atoms with Gasteiger partial charge in [-0.2, -0.15) is 0 Å². The lowest BCUT2D eigenvalue weighted by molar-refractivity contribution is -0.145. The standard InChI is InChI=1S/C22H30N2O7/c1-23-17-12-9-15(10-13-17)20(26)24-18(22(28)31-4)8-6-5-7-16(21(27)30-3)11-14-19(25)29-2/h5,7,9-10,12-13,16,18,23H,6,8,11,14H2,1-4H3,(H,24,26)/b7-5+/t16-,18-/m0/s1. The van der Waals surface area contributed by atoms with Gasteiger partial charge >= 0.3 is 17.9 Å². The molecule has 0 bridgehead atoms.